The normalized spacial score (nSPS) is 17.4. The molecule has 2 aromatic carbocycles. The Labute approximate surface area is 192 Å². The van der Waals surface area contributed by atoms with Gasteiger partial charge in [0.25, 0.3) is 0 Å². The van der Waals surface area contributed by atoms with Crippen molar-refractivity contribution in [1.29, 1.82) is 0 Å². The van der Waals surface area contributed by atoms with Crippen molar-refractivity contribution in [3.8, 4) is 5.75 Å². The van der Waals surface area contributed by atoms with Crippen LogP contribution in [-0.4, -0.2) is 38.8 Å². The molecule has 0 aromatic heterocycles. The monoisotopic (exact) mass is 438 g/mol. The molecule has 2 N–H and O–H groups in total. The number of carbonyl (C=O) groups is 1. The zero-order valence-corrected chi connectivity index (χ0v) is 19.9. The molecule has 1 saturated heterocycles. The Morgan fingerprint density at radius 3 is 2.53 bits per heavy atom. The van der Waals surface area contributed by atoms with E-state index in [1.807, 2.05) is 31.2 Å². The molecule has 0 bridgehead atoms. The van der Waals surface area contributed by atoms with Gasteiger partial charge < -0.3 is 20.1 Å². The minimum absolute atomic E-state index is 0.0331. The van der Waals surface area contributed by atoms with E-state index in [9.17, 15) is 4.79 Å². The van der Waals surface area contributed by atoms with E-state index in [-0.39, 0.29) is 23.4 Å². The van der Waals surface area contributed by atoms with Crippen LogP contribution in [0.15, 0.2) is 48.5 Å². The second-order valence-corrected chi connectivity index (χ2v) is 8.96. The summed E-state index contributed by atoms with van der Waals surface area (Å²) >= 11 is 0. The van der Waals surface area contributed by atoms with Crippen LogP contribution >= 0.6 is 0 Å². The third kappa shape index (κ3) is 5.90. The van der Waals surface area contributed by atoms with E-state index < -0.39 is 0 Å². The molecule has 0 spiro atoms. The Morgan fingerprint density at radius 1 is 1.16 bits per heavy atom. The molecule has 0 saturated carbocycles. The van der Waals surface area contributed by atoms with Gasteiger partial charge in [-0.05, 0) is 44.7 Å². The highest BCUT2D eigenvalue weighted by molar-refractivity contribution is 5.81. The number of carbonyl (C=O) groups excluding carboxylic acids is 1. The van der Waals surface area contributed by atoms with Gasteiger partial charge >= 0.3 is 0 Å². The summed E-state index contributed by atoms with van der Waals surface area (Å²) in [6.45, 7) is 8.33. The lowest BCUT2D eigenvalue weighted by Crippen LogP contribution is -2.50. The second-order valence-electron chi connectivity index (χ2n) is 8.96. The summed E-state index contributed by atoms with van der Waals surface area (Å²) in [7, 11) is 1.72. The first-order chi connectivity index (χ1) is 15.5. The zero-order valence-electron chi connectivity index (χ0n) is 19.9. The number of hydrogen-bond donors (Lipinski definition) is 2. The summed E-state index contributed by atoms with van der Waals surface area (Å²) in [6.07, 6.45) is 3.73. The van der Waals surface area contributed by atoms with Gasteiger partial charge in [0, 0.05) is 30.7 Å². The van der Waals surface area contributed by atoms with E-state index in [2.05, 4.69) is 48.7 Å². The van der Waals surface area contributed by atoms with Crippen molar-refractivity contribution in [3.05, 3.63) is 65.2 Å². The van der Waals surface area contributed by atoms with Gasteiger partial charge in [-0.3, -0.25) is 4.79 Å². The standard InChI is InChI=1S/C27H38N2O3/c1-5-9-24(22-10-7-6-8-11-22)29-26(30)21(3)28-19-27(14-16-32-17-15-27)23-18-20(2)12-13-25(23)31-4/h6-8,10-13,18,21,24,28H,5,9,14-17,19H2,1-4H3,(H,29,30). The van der Waals surface area contributed by atoms with Gasteiger partial charge in [0.15, 0.2) is 0 Å². The highest BCUT2D eigenvalue weighted by Crippen LogP contribution is 2.40. The summed E-state index contributed by atoms with van der Waals surface area (Å²) in [5.74, 6) is 0.939. The third-order valence-electron chi connectivity index (χ3n) is 6.61. The minimum atomic E-state index is -0.298. The van der Waals surface area contributed by atoms with E-state index in [1.165, 1.54) is 11.1 Å². The quantitative estimate of drug-likeness (QED) is 0.565. The third-order valence-corrected chi connectivity index (χ3v) is 6.61. The molecule has 1 aliphatic rings. The largest absolute Gasteiger partial charge is 0.496 e. The molecule has 2 unspecified atom stereocenters. The maximum absolute atomic E-state index is 13.1. The molecule has 3 rings (SSSR count). The molecule has 174 valence electrons. The molecule has 1 aliphatic heterocycles. The molecule has 1 fully saturated rings. The Hall–Kier alpha value is -2.37. The number of nitrogens with one attached hydrogen (secondary N) is 2. The second kappa shape index (κ2) is 11.5. The van der Waals surface area contributed by atoms with Crippen LogP contribution in [0.2, 0.25) is 0 Å². The Bertz CT molecular complexity index is 862. The van der Waals surface area contributed by atoms with E-state index >= 15 is 0 Å². The molecule has 0 aliphatic carbocycles. The Balaban J connectivity index is 1.72. The van der Waals surface area contributed by atoms with E-state index in [0.717, 1.165) is 37.0 Å². The fourth-order valence-corrected chi connectivity index (χ4v) is 4.57. The van der Waals surface area contributed by atoms with Crippen LogP contribution in [0.1, 0.15) is 62.3 Å². The molecular formula is C27H38N2O3. The molecule has 1 amide bonds. The maximum atomic E-state index is 13.1. The summed E-state index contributed by atoms with van der Waals surface area (Å²) in [6, 6.07) is 16.3. The molecular weight excluding hydrogens is 400 g/mol. The van der Waals surface area contributed by atoms with Gasteiger partial charge in [-0.1, -0.05) is 61.4 Å². The lowest BCUT2D eigenvalue weighted by Gasteiger charge is -2.39. The van der Waals surface area contributed by atoms with Crippen molar-refractivity contribution in [1.82, 2.24) is 10.6 Å². The molecule has 2 aromatic rings. The first-order valence-corrected chi connectivity index (χ1v) is 11.8. The number of hydrogen-bond acceptors (Lipinski definition) is 4. The first-order valence-electron chi connectivity index (χ1n) is 11.8. The summed E-state index contributed by atoms with van der Waals surface area (Å²) in [5, 5.41) is 6.79. The van der Waals surface area contributed by atoms with Crippen molar-refractivity contribution in [2.24, 2.45) is 0 Å². The average Bonchev–Trinajstić information content (AvgIpc) is 2.83. The van der Waals surface area contributed by atoms with Crippen molar-refractivity contribution >= 4 is 5.91 Å². The zero-order chi connectivity index (χ0) is 23.0. The van der Waals surface area contributed by atoms with Crippen LogP contribution in [0.5, 0.6) is 5.75 Å². The van der Waals surface area contributed by atoms with E-state index in [0.29, 0.717) is 19.8 Å². The van der Waals surface area contributed by atoms with Crippen molar-refractivity contribution in [2.45, 2.75) is 64.0 Å². The number of ether oxygens (including phenoxy) is 2. The molecule has 5 heteroatoms. The Morgan fingerprint density at radius 2 is 1.88 bits per heavy atom. The summed E-state index contributed by atoms with van der Waals surface area (Å²) < 4.78 is 11.4. The lowest BCUT2D eigenvalue weighted by atomic mass is 9.73. The highest BCUT2D eigenvalue weighted by atomic mass is 16.5. The number of rotatable bonds is 10. The minimum Gasteiger partial charge on any atom is -0.496 e. The van der Waals surface area contributed by atoms with E-state index in [4.69, 9.17) is 9.47 Å². The fraction of sp³-hybridized carbons (Fsp3) is 0.519. The van der Waals surface area contributed by atoms with Crippen molar-refractivity contribution in [2.75, 3.05) is 26.9 Å². The van der Waals surface area contributed by atoms with Crippen molar-refractivity contribution < 1.29 is 14.3 Å². The molecule has 1 heterocycles. The Kier molecular flexibility index (Phi) is 8.71. The predicted octanol–water partition coefficient (Wildman–Crippen LogP) is 4.69. The molecule has 2 atom stereocenters. The number of aryl methyl sites for hydroxylation is 1. The molecule has 32 heavy (non-hydrogen) atoms. The topological polar surface area (TPSA) is 59.6 Å². The van der Waals surface area contributed by atoms with E-state index in [1.54, 1.807) is 7.11 Å². The van der Waals surface area contributed by atoms with Gasteiger partial charge in [0.1, 0.15) is 5.75 Å². The number of amides is 1. The average molecular weight is 439 g/mol. The fourth-order valence-electron chi connectivity index (χ4n) is 4.57. The van der Waals surface area contributed by atoms with Gasteiger partial charge in [0.05, 0.1) is 19.2 Å². The predicted molar refractivity (Wildman–Crippen MR) is 129 cm³/mol. The van der Waals surface area contributed by atoms with Gasteiger partial charge in [-0.2, -0.15) is 0 Å². The maximum Gasteiger partial charge on any atom is 0.237 e. The van der Waals surface area contributed by atoms with Crippen LogP contribution in [0.25, 0.3) is 0 Å². The van der Waals surface area contributed by atoms with Crippen LogP contribution in [0, 0.1) is 6.92 Å². The number of benzene rings is 2. The smallest absolute Gasteiger partial charge is 0.237 e. The van der Waals surface area contributed by atoms with Crippen LogP contribution in [0.3, 0.4) is 0 Å². The SMILES string of the molecule is CCCC(NC(=O)C(C)NCC1(c2cc(C)ccc2OC)CCOCC1)c1ccccc1. The number of methoxy groups -OCH3 is 1. The van der Waals surface area contributed by atoms with Crippen LogP contribution < -0.4 is 15.4 Å². The van der Waals surface area contributed by atoms with Gasteiger partial charge in [-0.15, -0.1) is 0 Å². The van der Waals surface area contributed by atoms with Crippen LogP contribution in [-0.2, 0) is 14.9 Å². The summed E-state index contributed by atoms with van der Waals surface area (Å²) in [5.41, 5.74) is 3.45. The molecule has 0 radical (unpaired) electrons. The first kappa shape index (κ1) is 24.3. The van der Waals surface area contributed by atoms with Gasteiger partial charge in [-0.25, -0.2) is 0 Å². The van der Waals surface area contributed by atoms with Crippen molar-refractivity contribution in [3.63, 3.8) is 0 Å². The summed E-state index contributed by atoms with van der Waals surface area (Å²) in [4.78, 5) is 13.1. The highest BCUT2D eigenvalue weighted by Gasteiger charge is 2.37. The lowest BCUT2D eigenvalue weighted by molar-refractivity contribution is -0.123. The van der Waals surface area contributed by atoms with Gasteiger partial charge in [0.2, 0.25) is 5.91 Å². The molecule has 5 nitrogen and oxygen atoms in total. The van der Waals surface area contributed by atoms with Crippen LogP contribution in [0.4, 0.5) is 0 Å².